The minimum atomic E-state index is 0.142. The molecule has 30 heavy (non-hydrogen) atoms. The number of hydrogen-bond donors (Lipinski definition) is 0. The summed E-state index contributed by atoms with van der Waals surface area (Å²) in [7, 11) is 1.88. The molecule has 0 atom stereocenters. The van der Waals surface area contributed by atoms with Crippen molar-refractivity contribution in [3.8, 4) is 11.5 Å². The summed E-state index contributed by atoms with van der Waals surface area (Å²) in [5.41, 5.74) is 3.65. The van der Waals surface area contributed by atoms with Gasteiger partial charge in [0.05, 0.1) is 19.8 Å². The van der Waals surface area contributed by atoms with Crippen LogP contribution in [0.4, 0.5) is 0 Å². The number of fused-ring (bicyclic) bond motifs is 1. The average Bonchev–Trinajstić information content (AvgIpc) is 2.75. The third-order valence-electron chi connectivity index (χ3n) is 5.32. The van der Waals surface area contributed by atoms with Crippen LogP contribution in [0.1, 0.15) is 30.5 Å². The topological polar surface area (TPSA) is 42.0 Å². The van der Waals surface area contributed by atoms with Crippen LogP contribution in [0.2, 0.25) is 0 Å². The van der Waals surface area contributed by atoms with Crippen LogP contribution in [-0.2, 0) is 24.3 Å². The van der Waals surface area contributed by atoms with E-state index in [0.717, 1.165) is 36.6 Å². The zero-order valence-electron chi connectivity index (χ0n) is 18.4. The predicted octanol–water partition coefficient (Wildman–Crippen LogP) is 4.22. The van der Waals surface area contributed by atoms with Gasteiger partial charge in [0.15, 0.2) is 11.5 Å². The number of nitrogens with zero attached hydrogens (tertiary/aromatic N) is 2. The lowest BCUT2D eigenvalue weighted by Gasteiger charge is -2.30. The molecule has 0 radical (unpaired) electrons. The highest BCUT2D eigenvalue weighted by atomic mass is 32.2. The van der Waals surface area contributed by atoms with Gasteiger partial charge in [-0.2, -0.15) is 0 Å². The maximum absolute atomic E-state index is 12.8. The van der Waals surface area contributed by atoms with E-state index in [0.29, 0.717) is 26.3 Å². The first-order valence-corrected chi connectivity index (χ1v) is 11.8. The van der Waals surface area contributed by atoms with Crippen molar-refractivity contribution in [2.24, 2.45) is 0 Å². The Morgan fingerprint density at radius 3 is 2.30 bits per heavy atom. The van der Waals surface area contributed by atoms with Crippen LogP contribution in [0.25, 0.3) is 0 Å². The Kier molecular flexibility index (Phi) is 8.05. The predicted molar refractivity (Wildman–Crippen MR) is 122 cm³/mol. The molecule has 0 unspecified atom stereocenters. The van der Waals surface area contributed by atoms with Crippen LogP contribution in [0, 0.1) is 0 Å². The molecule has 0 saturated heterocycles. The van der Waals surface area contributed by atoms with E-state index in [1.807, 2.05) is 25.8 Å². The third kappa shape index (κ3) is 5.70. The Bertz CT molecular complexity index is 854. The number of carbonyl (C=O) groups excluding carboxylic acids is 1. The fourth-order valence-electron chi connectivity index (χ4n) is 3.70. The lowest BCUT2D eigenvalue weighted by Crippen LogP contribution is -2.40. The molecular formula is C24H32N2O3S. The fourth-order valence-corrected chi connectivity index (χ4v) is 4.11. The molecule has 1 heterocycles. The van der Waals surface area contributed by atoms with Crippen LogP contribution in [0.3, 0.4) is 0 Å². The lowest BCUT2D eigenvalue weighted by atomic mass is 9.98. The Morgan fingerprint density at radius 1 is 1.07 bits per heavy atom. The number of rotatable bonds is 9. The molecule has 0 bridgehead atoms. The molecule has 0 aliphatic carbocycles. The highest BCUT2D eigenvalue weighted by Gasteiger charge is 2.22. The zero-order valence-corrected chi connectivity index (χ0v) is 19.3. The maximum atomic E-state index is 12.8. The summed E-state index contributed by atoms with van der Waals surface area (Å²) in [6.07, 6.45) is 2.98. The molecule has 6 heteroatoms. The van der Waals surface area contributed by atoms with Crippen LogP contribution < -0.4 is 9.47 Å². The average molecular weight is 429 g/mol. The summed E-state index contributed by atoms with van der Waals surface area (Å²) in [5.74, 6) is 1.75. The Labute approximate surface area is 184 Å². The Balaban J connectivity index is 1.61. The van der Waals surface area contributed by atoms with Gasteiger partial charge in [0.2, 0.25) is 5.91 Å². The van der Waals surface area contributed by atoms with E-state index in [1.54, 1.807) is 11.8 Å². The van der Waals surface area contributed by atoms with E-state index in [4.69, 9.17) is 9.47 Å². The number of amides is 1. The summed E-state index contributed by atoms with van der Waals surface area (Å²) in [5, 5.41) is 0. The molecular weight excluding hydrogens is 396 g/mol. The minimum Gasteiger partial charge on any atom is -0.490 e. The molecule has 3 rings (SSSR count). The van der Waals surface area contributed by atoms with Gasteiger partial charge in [0.25, 0.3) is 0 Å². The van der Waals surface area contributed by atoms with E-state index in [-0.39, 0.29) is 5.91 Å². The van der Waals surface area contributed by atoms with E-state index in [2.05, 4.69) is 47.6 Å². The van der Waals surface area contributed by atoms with Crippen LogP contribution in [-0.4, -0.2) is 55.3 Å². The molecule has 1 aliphatic rings. The third-order valence-corrected chi connectivity index (χ3v) is 6.06. The van der Waals surface area contributed by atoms with E-state index in [1.165, 1.54) is 16.0 Å². The molecule has 0 saturated carbocycles. The molecule has 0 spiro atoms. The van der Waals surface area contributed by atoms with Gasteiger partial charge in [-0.05, 0) is 67.5 Å². The van der Waals surface area contributed by atoms with Gasteiger partial charge in [-0.3, -0.25) is 9.69 Å². The number of thioether (sulfide) groups is 1. The monoisotopic (exact) mass is 428 g/mol. The molecule has 162 valence electrons. The maximum Gasteiger partial charge on any atom is 0.236 e. The summed E-state index contributed by atoms with van der Waals surface area (Å²) in [4.78, 5) is 18.1. The normalized spacial score (nSPS) is 13.6. The SMILES string of the molecule is CCOc1cc2c(cc1OCC)CN(CC(=O)N(C)Cc1ccc(SC)cc1)CC2. The van der Waals surface area contributed by atoms with Crippen molar-refractivity contribution >= 4 is 17.7 Å². The summed E-state index contributed by atoms with van der Waals surface area (Å²) < 4.78 is 11.5. The standard InChI is InChI=1S/C24H32N2O3S/c1-5-28-22-13-19-11-12-26(16-20(19)14-23(22)29-6-2)17-24(27)25(3)15-18-7-9-21(30-4)10-8-18/h7-10,13-14H,5-6,11-12,15-17H2,1-4H3. The molecule has 0 aromatic heterocycles. The summed E-state index contributed by atoms with van der Waals surface area (Å²) in [6, 6.07) is 12.6. The van der Waals surface area contributed by atoms with Gasteiger partial charge in [-0.1, -0.05) is 12.1 Å². The minimum absolute atomic E-state index is 0.142. The van der Waals surface area contributed by atoms with Crippen molar-refractivity contribution < 1.29 is 14.3 Å². The molecule has 0 N–H and O–H groups in total. The number of carbonyl (C=O) groups is 1. The van der Waals surface area contributed by atoms with Crippen molar-refractivity contribution in [3.05, 3.63) is 53.1 Å². The first kappa shape index (κ1) is 22.5. The smallest absolute Gasteiger partial charge is 0.236 e. The largest absolute Gasteiger partial charge is 0.490 e. The van der Waals surface area contributed by atoms with Gasteiger partial charge in [-0.25, -0.2) is 0 Å². The quantitative estimate of drug-likeness (QED) is 0.560. The lowest BCUT2D eigenvalue weighted by molar-refractivity contribution is -0.131. The first-order chi connectivity index (χ1) is 14.5. The van der Waals surface area contributed by atoms with Crippen molar-refractivity contribution in [1.82, 2.24) is 9.80 Å². The van der Waals surface area contributed by atoms with Gasteiger partial charge >= 0.3 is 0 Å². The van der Waals surface area contributed by atoms with Crippen molar-refractivity contribution in [2.45, 2.75) is 38.3 Å². The number of hydrogen-bond acceptors (Lipinski definition) is 5. The fraction of sp³-hybridized carbons (Fsp3) is 0.458. The van der Waals surface area contributed by atoms with Gasteiger partial charge in [0, 0.05) is 31.6 Å². The number of ether oxygens (including phenoxy) is 2. The second kappa shape index (κ2) is 10.7. The van der Waals surface area contributed by atoms with Crippen LogP contribution in [0.5, 0.6) is 11.5 Å². The Morgan fingerprint density at radius 2 is 1.70 bits per heavy atom. The second-order valence-corrected chi connectivity index (χ2v) is 8.37. The summed E-state index contributed by atoms with van der Waals surface area (Å²) >= 11 is 1.72. The van der Waals surface area contributed by atoms with Crippen molar-refractivity contribution in [3.63, 3.8) is 0 Å². The van der Waals surface area contributed by atoms with Crippen molar-refractivity contribution in [1.29, 1.82) is 0 Å². The molecule has 1 amide bonds. The van der Waals surface area contributed by atoms with E-state index < -0.39 is 0 Å². The highest BCUT2D eigenvalue weighted by molar-refractivity contribution is 7.98. The van der Waals surface area contributed by atoms with E-state index >= 15 is 0 Å². The van der Waals surface area contributed by atoms with Gasteiger partial charge in [0.1, 0.15) is 0 Å². The molecule has 0 fully saturated rings. The van der Waals surface area contributed by atoms with Crippen LogP contribution in [0.15, 0.2) is 41.3 Å². The van der Waals surface area contributed by atoms with Gasteiger partial charge < -0.3 is 14.4 Å². The first-order valence-electron chi connectivity index (χ1n) is 10.5. The number of likely N-dealkylation sites (N-methyl/N-ethyl adjacent to an activating group) is 1. The molecule has 5 nitrogen and oxygen atoms in total. The van der Waals surface area contributed by atoms with E-state index in [9.17, 15) is 4.79 Å². The molecule has 2 aromatic carbocycles. The zero-order chi connectivity index (χ0) is 21.5. The highest BCUT2D eigenvalue weighted by Crippen LogP contribution is 2.33. The molecule has 2 aromatic rings. The Hall–Kier alpha value is -2.18. The number of benzene rings is 2. The molecule has 1 aliphatic heterocycles. The second-order valence-electron chi connectivity index (χ2n) is 7.49. The van der Waals surface area contributed by atoms with Crippen molar-refractivity contribution in [2.75, 3.05) is 39.6 Å². The summed E-state index contributed by atoms with van der Waals surface area (Å²) in [6.45, 7) is 7.86. The van der Waals surface area contributed by atoms with Crippen LogP contribution >= 0.6 is 11.8 Å². The van der Waals surface area contributed by atoms with Gasteiger partial charge in [-0.15, -0.1) is 11.8 Å².